The molecular weight excluding hydrogens is 232 g/mol. The van der Waals surface area contributed by atoms with Crippen LogP contribution in [-0.2, 0) is 0 Å². The fourth-order valence-corrected chi connectivity index (χ4v) is 3.22. The van der Waals surface area contributed by atoms with Gasteiger partial charge in [-0.2, -0.15) is 0 Å². The number of anilines is 1. The fraction of sp³-hybridized carbons (Fsp3) is 0.647. The fourth-order valence-electron chi connectivity index (χ4n) is 3.22. The van der Waals surface area contributed by atoms with Crippen LogP contribution in [0.3, 0.4) is 0 Å². The highest BCUT2D eigenvalue weighted by Gasteiger charge is 2.31. The Morgan fingerprint density at radius 3 is 2.79 bits per heavy atom. The van der Waals surface area contributed by atoms with Gasteiger partial charge in [0.2, 0.25) is 0 Å². The summed E-state index contributed by atoms with van der Waals surface area (Å²) in [5, 5.41) is 3.54. The van der Waals surface area contributed by atoms with Crippen molar-refractivity contribution in [3.8, 4) is 0 Å². The number of hydrogen-bond donors (Lipinski definition) is 1. The molecule has 1 heterocycles. The van der Waals surface area contributed by atoms with E-state index in [9.17, 15) is 0 Å². The summed E-state index contributed by atoms with van der Waals surface area (Å²) in [5.41, 5.74) is 3.02. The van der Waals surface area contributed by atoms with E-state index >= 15 is 0 Å². The first kappa shape index (κ1) is 14.4. The molecule has 0 radical (unpaired) electrons. The average Bonchev–Trinajstić information content (AvgIpc) is 2.39. The Balaban J connectivity index is 2.02. The lowest BCUT2D eigenvalue weighted by atomic mass is 9.74. The van der Waals surface area contributed by atoms with Crippen molar-refractivity contribution in [2.45, 2.75) is 33.6 Å². The van der Waals surface area contributed by atoms with E-state index in [1.165, 1.54) is 37.2 Å². The maximum Gasteiger partial charge on any atom is 0.0366 e. The number of rotatable bonds is 4. The second kappa shape index (κ2) is 5.96. The van der Waals surface area contributed by atoms with Crippen LogP contribution in [0.2, 0.25) is 0 Å². The van der Waals surface area contributed by atoms with Crippen LogP contribution in [0.25, 0.3) is 0 Å². The van der Waals surface area contributed by atoms with Crippen LogP contribution in [0.4, 0.5) is 5.69 Å². The van der Waals surface area contributed by atoms with Crippen molar-refractivity contribution in [3.63, 3.8) is 0 Å². The van der Waals surface area contributed by atoms with Crippen molar-refractivity contribution in [1.82, 2.24) is 5.32 Å². The van der Waals surface area contributed by atoms with Crippen molar-refractivity contribution < 1.29 is 0 Å². The Labute approximate surface area is 118 Å². The Morgan fingerprint density at radius 1 is 1.37 bits per heavy atom. The van der Waals surface area contributed by atoms with Gasteiger partial charge in [0.25, 0.3) is 0 Å². The minimum absolute atomic E-state index is 0.353. The summed E-state index contributed by atoms with van der Waals surface area (Å²) in [7, 11) is 2.22. The van der Waals surface area contributed by atoms with E-state index < -0.39 is 0 Å². The predicted molar refractivity (Wildman–Crippen MR) is 83.8 cm³/mol. The molecule has 0 aliphatic carbocycles. The summed E-state index contributed by atoms with van der Waals surface area (Å²) in [4.78, 5) is 2.40. The molecule has 0 amide bonds. The van der Waals surface area contributed by atoms with Crippen LogP contribution >= 0.6 is 0 Å². The third-order valence-corrected chi connectivity index (χ3v) is 4.49. The topological polar surface area (TPSA) is 15.3 Å². The molecule has 0 aromatic heterocycles. The Kier molecular flexibility index (Phi) is 4.51. The molecule has 1 aromatic carbocycles. The highest BCUT2D eigenvalue weighted by atomic mass is 15.1. The van der Waals surface area contributed by atoms with Crippen LogP contribution in [0, 0.1) is 18.3 Å². The van der Waals surface area contributed by atoms with Crippen LogP contribution in [0.5, 0.6) is 0 Å². The number of nitrogens with one attached hydrogen (secondary N) is 1. The summed E-state index contributed by atoms with van der Waals surface area (Å²) in [6.07, 6.45) is 2.68. The van der Waals surface area contributed by atoms with Gasteiger partial charge >= 0.3 is 0 Å². The molecule has 1 aliphatic heterocycles. The molecule has 1 aromatic rings. The van der Waals surface area contributed by atoms with Gasteiger partial charge in [0.1, 0.15) is 0 Å². The molecule has 2 rings (SSSR count). The van der Waals surface area contributed by atoms with Gasteiger partial charge in [0.15, 0.2) is 0 Å². The van der Waals surface area contributed by atoms with E-state index in [-0.39, 0.29) is 0 Å². The predicted octanol–water partition coefficient (Wildman–Crippen LogP) is 3.46. The van der Waals surface area contributed by atoms with E-state index in [4.69, 9.17) is 0 Å². The van der Waals surface area contributed by atoms with E-state index in [1.54, 1.807) is 0 Å². The number of piperidine rings is 1. The average molecular weight is 260 g/mol. The molecule has 2 nitrogen and oxygen atoms in total. The van der Waals surface area contributed by atoms with Gasteiger partial charge < -0.3 is 10.2 Å². The van der Waals surface area contributed by atoms with E-state index in [0.717, 1.165) is 12.5 Å². The van der Waals surface area contributed by atoms with Gasteiger partial charge in [-0.05, 0) is 61.9 Å². The molecule has 1 unspecified atom stereocenters. The van der Waals surface area contributed by atoms with Gasteiger partial charge in [0, 0.05) is 19.3 Å². The summed E-state index contributed by atoms with van der Waals surface area (Å²) in [6.45, 7) is 10.5. The van der Waals surface area contributed by atoms with Gasteiger partial charge in [0.05, 0.1) is 0 Å². The first-order valence-electron chi connectivity index (χ1n) is 7.47. The standard InChI is InChI=1S/C17H28N2/c1-14-7-5-9-16(11-14)19(4)13-17(2,3)15-8-6-10-18-12-15/h5,7,9,11,15,18H,6,8,10,12-13H2,1-4H3. The second-order valence-electron chi connectivity index (χ2n) is 6.73. The van der Waals surface area contributed by atoms with Crippen LogP contribution in [0.1, 0.15) is 32.3 Å². The molecule has 1 fully saturated rings. The summed E-state index contributed by atoms with van der Waals surface area (Å²) in [5.74, 6) is 0.786. The molecule has 1 N–H and O–H groups in total. The first-order chi connectivity index (χ1) is 8.99. The summed E-state index contributed by atoms with van der Waals surface area (Å²) < 4.78 is 0. The molecule has 0 spiro atoms. The van der Waals surface area contributed by atoms with Crippen LogP contribution in [0.15, 0.2) is 24.3 Å². The van der Waals surface area contributed by atoms with E-state index in [2.05, 4.69) is 62.3 Å². The van der Waals surface area contributed by atoms with Crippen LogP contribution < -0.4 is 10.2 Å². The largest absolute Gasteiger partial charge is 0.374 e. The zero-order valence-corrected chi connectivity index (χ0v) is 12.9. The Bertz CT molecular complexity index is 405. The van der Waals surface area contributed by atoms with Gasteiger partial charge in [-0.1, -0.05) is 26.0 Å². The molecular formula is C17H28N2. The molecule has 0 bridgehead atoms. The first-order valence-corrected chi connectivity index (χ1v) is 7.47. The van der Waals surface area contributed by atoms with Crippen LogP contribution in [-0.4, -0.2) is 26.7 Å². The molecule has 1 atom stereocenters. The molecule has 19 heavy (non-hydrogen) atoms. The number of benzene rings is 1. The lowest BCUT2D eigenvalue weighted by Gasteiger charge is -2.40. The van der Waals surface area contributed by atoms with Crippen molar-refractivity contribution >= 4 is 5.69 Å². The smallest absolute Gasteiger partial charge is 0.0366 e. The van der Waals surface area contributed by atoms with Crippen molar-refractivity contribution in [1.29, 1.82) is 0 Å². The molecule has 0 saturated carbocycles. The van der Waals surface area contributed by atoms with Crippen molar-refractivity contribution in [2.75, 3.05) is 31.6 Å². The maximum atomic E-state index is 3.54. The van der Waals surface area contributed by atoms with Crippen molar-refractivity contribution in [3.05, 3.63) is 29.8 Å². The zero-order valence-electron chi connectivity index (χ0n) is 12.9. The zero-order chi connectivity index (χ0) is 13.9. The van der Waals surface area contributed by atoms with Gasteiger partial charge in [-0.3, -0.25) is 0 Å². The highest BCUT2D eigenvalue weighted by molar-refractivity contribution is 5.47. The Morgan fingerprint density at radius 2 is 2.16 bits per heavy atom. The lowest BCUT2D eigenvalue weighted by molar-refractivity contribution is 0.178. The molecule has 1 aliphatic rings. The monoisotopic (exact) mass is 260 g/mol. The minimum atomic E-state index is 0.353. The van der Waals surface area contributed by atoms with E-state index in [0.29, 0.717) is 5.41 Å². The summed E-state index contributed by atoms with van der Waals surface area (Å²) in [6, 6.07) is 8.79. The SMILES string of the molecule is Cc1cccc(N(C)CC(C)(C)C2CCCNC2)c1. The second-order valence-corrected chi connectivity index (χ2v) is 6.73. The van der Waals surface area contributed by atoms with Gasteiger partial charge in [-0.15, -0.1) is 0 Å². The molecule has 2 heteroatoms. The summed E-state index contributed by atoms with van der Waals surface area (Å²) >= 11 is 0. The highest BCUT2D eigenvalue weighted by Crippen LogP contribution is 2.33. The molecule has 1 saturated heterocycles. The number of hydrogen-bond acceptors (Lipinski definition) is 2. The number of aryl methyl sites for hydroxylation is 1. The van der Waals surface area contributed by atoms with Crippen molar-refractivity contribution in [2.24, 2.45) is 11.3 Å². The third-order valence-electron chi connectivity index (χ3n) is 4.49. The Hall–Kier alpha value is -1.02. The third kappa shape index (κ3) is 3.73. The molecule has 106 valence electrons. The number of nitrogens with zero attached hydrogens (tertiary/aromatic N) is 1. The van der Waals surface area contributed by atoms with E-state index in [1.807, 2.05) is 0 Å². The maximum absolute atomic E-state index is 3.54. The minimum Gasteiger partial charge on any atom is -0.374 e. The van der Waals surface area contributed by atoms with Gasteiger partial charge in [-0.25, -0.2) is 0 Å². The normalized spacial score (nSPS) is 20.3. The quantitative estimate of drug-likeness (QED) is 0.892. The lowest BCUT2D eigenvalue weighted by Crippen LogP contribution is -2.44.